The predicted octanol–water partition coefficient (Wildman–Crippen LogP) is -0.179. The van der Waals surface area contributed by atoms with Gasteiger partial charge < -0.3 is 20.4 Å². The second-order valence-electron chi connectivity index (χ2n) is 8.54. The maximum atomic E-state index is 12.5. The van der Waals surface area contributed by atoms with E-state index < -0.39 is 11.8 Å². The Morgan fingerprint density at radius 2 is 1.57 bits per heavy atom. The summed E-state index contributed by atoms with van der Waals surface area (Å²) in [5, 5.41) is 5.58. The maximum Gasteiger partial charge on any atom is 0.313 e. The van der Waals surface area contributed by atoms with Crippen LogP contribution >= 0.6 is 0 Å². The van der Waals surface area contributed by atoms with Crippen LogP contribution in [-0.4, -0.2) is 51.6 Å². The lowest BCUT2D eigenvalue weighted by Crippen LogP contribution is -3.27. The van der Waals surface area contributed by atoms with E-state index in [1.165, 1.54) is 16.0 Å². The number of piperazine rings is 1. The van der Waals surface area contributed by atoms with Crippen molar-refractivity contribution in [2.24, 2.45) is 0 Å². The highest BCUT2D eigenvalue weighted by molar-refractivity contribution is 6.39. The number of amides is 2. The summed E-state index contributed by atoms with van der Waals surface area (Å²) < 4.78 is 0. The number of hydrogen-bond acceptors (Lipinski definition) is 2. The lowest BCUT2D eigenvalue weighted by atomic mass is 10.0. The number of aryl methyl sites for hydroxylation is 3. The van der Waals surface area contributed by atoms with Gasteiger partial charge in [0, 0.05) is 11.3 Å². The van der Waals surface area contributed by atoms with Gasteiger partial charge in [-0.1, -0.05) is 35.9 Å². The van der Waals surface area contributed by atoms with Gasteiger partial charge in [-0.3, -0.25) is 9.59 Å². The third kappa shape index (κ3) is 5.68. The topological polar surface area (TPSA) is 67.1 Å². The minimum absolute atomic E-state index is 0.136. The van der Waals surface area contributed by atoms with Gasteiger partial charge in [-0.25, -0.2) is 0 Å². The Balaban J connectivity index is 1.65. The fourth-order valence-electron chi connectivity index (χ4n) is 3.93. The van der Waals surface area contributed by atoms with Crippen LogP contribution in [0.4, 0.5) is 5.69 Å². The smallest absolute Gasteiger partial charge is 0.313 e. The zero-order chi connectivity index (χ0) is 21.7. The summed E-state index contributed by atoms with van der Waals surface area (Å²) in [6.45, 7) is 10.8. The van der Waals surface area contributed by atoms with Gasteiger partial charge in [0.25, 0.3) is 0 Å². The number of likely N-dealkylation sites (N-methyl/N-ethyl adjacent to an activating group) is 1. The first-order valence-electron chi connectivity index (χ1n) is 10.7. The molecule has 2 amide bonds. The van der Waals surface area contributed by atoms with Gasteiger partial charge in [0.15, 0.2) is 0 Å². The third-order valence-corrected chi connectivity index (χ3v) is 6.16. The Hall–Kier alpha value is -2.70. The number of nitrogens with one attached hydrogen (secondary N) is 4. The van der Waals surface area contributed by atoms with Crippen molar-refractivity contribution in [1.29, 1.82) is 0 Å². The Morgan fingerprint density at radius 3 is 2.20 bits per heavy atom. The summed E-state index contributed by atoms with van der Waals surface area (Å²) >= 11 is 0. The second kappa shape index (κ2) is 9.87. The third-order valence-electron chi connectivity index (χ3n) is 6.16. The first-order chi connectivity index (χ1) is 14.3. The van der Waals surface area contributed by atoms with Gasteiger partial charge in [-0.05, 0) is 44.0 Å². The second-order valence-corrected chi connectivity index (χ2v) is 8.54. The minimum Gasteiger partial charge on any atom is -0.341 e. The van der Waals surface area contributed by atoms with Gasteiger partial charge in [0.2, 0.25) is 0 Å². The zero-order valence-electron chi connectivity index (χ0n) is 18.5. The van der Waals surface area contributed by atoms with E-state index in [0.29, 0.717) is 12.2 Å². The predicted molar refractivity (Wildman–Crippen MR) is 119 cm³/mol. The number of carbonyl (C=O) groups excluding carboxylic acids is 2. The number of quaternary nitrogens is 2. The van der Waals surface area contributed by atoms with Crippen LogP contribution in [-0.2, 0) is 9.59 Å². The summed E-state index contributed by atoms with van der Waals surface area (Å²) in [6, 6.07) is 14.3. The van der Waals surface area contributed by atoms with Crippen LogP contribution < -0.4 is 20.4 Å². The van der Waals surface area contributed by atoms with E-state index >= 15 is 0 Å². The number of anilines is 1. The van der Waals surface area contributed by atoms with Crippen LogP contribution in [0.2, 0.25) is 0 Å². The number of hydrogen-bond donors (Lipinski definition) is 4. The molecule has 3 rings (SSSR count). The molecule has 0 saturated carbocycles. The van der Waals surface area contributed by atoms with E-state index in [9.17, 15) is 9.59 Å². The molecule has 1 heterocycles. The first-order valence-corrected chi connectivity index (χ1v) is 10.7. The Labute approximate surface area is 179 Å². The van der Waals surface area contributed by atoms with Crippen LogP contribution in [0.25, 0.3) is 0 Å². The largest absolute Gasteiger partial charge is 0.341 e. The van der Waals surface area contributed by atoms with Crippen LogP contribution in [0.1, 0.15) is 28.3 Å². The highest BCUT2D eigenvalue weighted by Gasteiger charge is 2.30. The first kappa shape index (κ1) is 22.0. The lowest BCUT2D eigenvalue weighted by Gasteiger charge is -2.33. The summed E-state index contributed by atoms with van der Waals surface area (Å²) in [4.78, 5) is 27.9. The Morgan fingerprint density at radius 1 is 0.900 bits per heavy atom. The normalized spacial score (nSPS) is 19.7. The van der Waals surface area contributed by atoms with E-state index in [2.05, 4.69) is 48.9 Å². The van der Waals surface area contributed by atoms with Crippen molar-refractivity contribution < 1.29 is 19.4 Å². The number of carbonyl (C=O) groups is 2. The number of rotatable bonds is 5. The van der Waals surface area contributed by atoms with Crippen molar-refractivity contribution in [3.63, 3.8) is 0 Å². The van der Waals surface area contributed by atoms with Crippen molar-refractivity contribution in [2.45, 2.75) is 26.8 Å². The van der Waals surface area contributed by atoms with Gasteiger partial charge >= 0.3 is 11.8 Å². The van der Waals surface area contributed by atoms with Crippen molar-refractivity contribution >= 4 is 17.5 Å². The van der Waals surface area contributed by atoms with E-state index in [-0.39, 0.29) is 6.04 Å². The highest BCUT2D eigenvalue weighted by atomic mass is 16.2. The molecule has 0 spiro atoms. The van der Waals surface area contributed by atoms with Crippen LogP contribution in [0.15, 0.2) is 42.5 Å². The van der Waals surface area contributed by atoms with Crippen molar-refractivity contribution in [3.8, 4) is 0 Å². The van der Waals surface area contributed by atoms with E-state index in [4.69, 9.17) is 0 Å². The molecule has 4 N–H and O–H groups in total. The summed E-state index contributed by atoms with van der Waals surface area (Å²) in [6.07, 6.45) is 0. The molecule has 0 bridgehead atoms. The Bertz CT molecular complexity index is 887. The van der Waals surface area contributed by atoms with Crippen molar-refractivity contribution in [2.75, 3.05) is 45.1 Å². The van der Waals surface area contributed by atoms with Gasteiger partial charge in [0.1, 0.15) is 32.2 Å². The molecule has 1 aliphatic heterocycles. The molecule has 1 atom stereocenters. The lowest BCUT2D eigenvalue weighted by molar-refractivity contribution is -1.02. The van der Waals surface area contributed by atoms with Crippen LogP contribution in [0.5, 0.6) is 0 Å². The van der Waals surface area contributed by atoms with Crippen LogP contribution in [0, 0.1) is 20.8 Å². The van der Waals surface area contributed by atoms with E-state index in [1.807, 2.05) is 32.0 Å². The summed E-state index contributed by atoms with van der Waals surface area (Å²) in [5.41, 5.74) is 5.28. The van der Waals surface area contributed by atoms with Crippen molar-refractivity contribution in [3.05, 3.63) is 64.7 Å². The Kier molecular flexibility index (Phi) is 7.24. The molecule has 0 radical (unpaired) electrons. The molecule has 2 aromatic carbocycles. The van der Waals surface area contributed by atoms with Gasteiger partial charge in [-0.2, -0.15) is 0 Å². The molecule has 0 aliphatic carbocycles. The minimum atomic E-state index is -0.626. The van der Waals surface area contributed by atoms with Crippen molar-refractivity contribution in [1.82, 2.24) is 5.32 Å². The molecule has 0 unspecified atom stereocenters. The molecule has 160 valence electrons. The fourth-order valence-corrected chi connectivity index (χ4v) is 3.93. The molecular weight excluding hydrogens is 376 g/mol. The average Bonchev–Trinajstić information content (AvgIpc) is 2.73. The zero-order valence-corrected chi connectivity index (χ0v) is 18.5. The highest BCUT2D eigenvalue weighted by Crippen LogP contribution is 2.14. The average molecular weight is 411 g/mol. The fraction of sp³-hybridized carbons (Fsp3) is 0.417. The summed E-state index contributed by atoms with van der Waals surface area (Å²) in [5.74, 6) is -1.22. The monoisotopic (exact) mass is 410 g/mol. The molecule has 1 fully saturated rings. The summed E-state index contributed by atoms with van der Waals surface area (Å²) in [7, 11) is 2.22. The maximum absolute atomic E-state index is 12.5. The number of benzene rings is 2. The standard InChI is InChI=1S/C24H32N4O2/c1-17-5-8-20(9-6-17)22(28-13-11-27(4)12-14-28)16-25-23(29)24(30)26-21-10-7-18(2)19(3)15-21/h5-10,15,22H,11-14,16H2,1-4H3,(H,25,29)(H,26,30)/p+2/t22-/m1/s1. The molecule has 2 aromatic rings. The van der Waals surface area contributed by atoms with Gasteiger partial charge in [0.05, 0.1) is 13.6 Å². The molecule has 6 heteroatoms. The molecular formula is C24H34N4O2+2. The van der Waals surface area contributed by atoms with E-state index in [1.54, 1.807) is 4.90 Å². The molecule has 1 aliphatic rings. The van der Waals surface area contributed by atoms with E-state index in [0.717, 1.165) is 37.3 Å². The molecule has 1 saturated heterocycles. The van der Waals surface area contributed by atoms with Gasteiger partial charge in [-0.15, -0.1) is 0 Å². The quantitative estimate of drug-likeness (QED) is 0.517. The molecule has 0 aromatic heterocycles. The van der Waals surface area contributed by atoms with Crippen LogP contribution in [0.3, 0.4) is 0 Å². The SMILES string of the molecule is Cc1ccc([C@@H](CNC(=O)C(=O)Nc2ccc(C)c(C)c2)[NH+]2CC[NH+](C)CC2)cc1. The molecule has 6 nitrogen and oxygen atoms in total. The molecule has 30 heavy (non-hydrogen) atoms.